The molecule has 320 valence electrons. The van der Waals surface area contributed by atoms with Gasteiger partial charge in [0, 0.05) is 46.8 Å². The first-order valence-electron chi connectivity index (χ1n) is 19.3. The molecule has 18 heteroatoms. The molecule has 6 bridgehead atoms. The van der Waals surface area contributed by atoms with Crippen molar-refractivity contribution >= 4 is 41.4 Å². The molecule has 1 saturated heterocycles. The number of nitrogens with zero attached hydrogens (tertiary/aromatic N) is 3. The number of ether oxygens (including phenoxy) is 2. The fourth-order valence-corrected chi connectivity index (χ4v) is 7.14. The van der Waals surface area contributed by atoms with Crippen molar-refractivity contribution in [2.24, 2.45) is 0 Å². The summed E-state index contributed by atoms with van der Waals surface area (Å²) in [5, 5.41) is 38.4. The van der Waals surface area contributed by atoms with E-state index in [1.807, 2.05) is 0 Å². The lowest BCUT2D eigenvalue weighted by molar-refractivity contribution is -0.149. The van der Waals surface area contributed by atoms with E-state index in [0.29, 0.717) is 22.4 Å². The lowest BCUT2D eigenvalue weighted by atomic mass is 9.98. The van der Waals surface area contributed by atoms with Gasteiger partial charge in [-0.25, -0.2) is 0 Å². The summed E-state index contributed by atoms with van der Waals surface area (Å²) >= 11 is 0. The van der Waals surface area contributed by atoms with Crippen molar-refractivity contribution in [3.8, 4) is 28.7 Å². The van der Waals surface area contributed by atoms with E-state index in [1.54, 1.807) is 36.4 Å². The second kappa shape index (κ2) is 18.8. The summed E-state index contributed by atoms with van der Waals surface area (Å²) in [6.45, 7) is 2.75. The molecule has 3 aliphatic rings. The first-order valence-corrected chi connectivity index (χ1v) is 19.3. The molecule has 0 aliphatic carbocycles. The normalized spacial score (nSPS) is 23.5. The van der Waals surface area contributed by atoms with Crippen molar-refractivity contribution in [1.82, 2.24) is 30.7 Å². The summed E-state index contributed by atoms with van der Waals surface area (Å²) < 4.78 is 11.1. The zero-order chi connectivity index (χ0) is 44.0. The highest BCUT2D eigenvalue weighted by atomic mass is 16.5. The minimum absolute atomic E-state index is 0.0331. The van der Waals surface area contributed by atoms with Crippen LogP contribution in [-0.2, 0) is 52.8 Å². The number of rotatable bonds is 6. The summed E-state index contributed by atoms with van der Waals surface area (Å²) in [5.41, 5.74) is 1.46. The molecule has 0 aromatic heterocycles. The van der Waals surface area contributed by atoms with Crippen LogP contribution in [0.4, 0.5) is 0 Å². The number of carboxylic acids is 1. The SMILES string of the molecule is COc1ccc(CC2C(=O)NC(C)C(=O)N(C)C3Cc4ccc(cc4)Oc4cc(ccc4O)CC(C(=O)NC(C)C(=O)NC(CCC(=O)O)C(=O)N2C)N(C)C3=O)cc1O. The Morgan fingerprint density at radius 3 is 2.00 bits per heavy atom. The maximum absolute atomic E-state index is 14.7. The van der Waals surface area contributed by atoms with Gasteiger partial charge in [0.1, 0.15) is 42.0 Å². The summed E-state index contributed by atoms with van der Waals surface area (Å²) in [4.78, 5) is 100. The van der Waals surface area contributed by atoms with Gasteiger partial charge in [0.15, 0.2) is 23.0 Å². The van der Waals surface area contributed by atoms with Crippen LogP contribution in [0.2, 0.25) is 0 Å². The van der Waals surface area contributed by atoms with Gasteiger partial charge in [0.05, 0.1) is 7.11 Å². The van der Waals surface area contributed by atoms with Crippen LogP contribution in [0.25, 0.3) is 0 Å². The Morgan fingerprint density at radius 2 is 1.35 bits per heavy atom. The molecule has 6 unspecified atom stereocenters. The highest BCUT2D eigenvalue weighted by molar-refractivity contribution is 5.98. The maximum atomic E-state index is 14.7. The number of aliphatic carboxylic acids is 1. The minimum atomic E-state index is -1.50. The van der Waals surface area contributed by atoms with E-state index in [9.17, 15) is 48.9 Å². The fraction of sp³-hybridized carbons (Fsp3) is 0.405. The summed E-state index contributed by atoms with van der Waals surface area (Å²) in [6.07, 6.45) is -1.31. The summed E-state index contributed by atoms with van der Waals surface area (Å²) in [7, 11) is 5.43. The molecule has 1 fully saturated rings. The van der Waals surface area contributed by atoms with Crippen LogP contribution in [0.15, 0.2) is 60.7 Å². The number of hydrogen-bond acceptors (Lipinski definition) is 11. The number of amides is 6. The van der Waals surface area contributed by atoms with Crippen molar-refractivity contribution in [1.29, 1.82) is 0 Å². The Kier molecular flexibility index (Phi) is 13.9. The van der Waals surface area contributed by atoms with Crippen LogP contribution < -0.4 is 25.4 Å². The van der Waals surface area contributed by atoms with Gasteiger partial charge in [-0.2, -0.15) is 0 Å². The molecular weight excluding hydrogens is 780 g/mol. The number of fused-ring (bicyclic) bond motifs is 2. The Morgan fingerprint density at radius 1 is 0.717 bits per heavy atom. The first kappa shape index (κ1) is 44.3. The van der Waals surface area contributed by atoms with E-state index in [2.05, 4.69) is 16.0 Å². The third-order valence-electron chi connectivity index (χ3n) is 10.8. The van der Waals surface area contributed by atoms with Crippen LogP contribution in [0.3, 0.4) is 0 Å². The number of carboxylic acid groups (broad SMARTS) is 1. The zero-order valence-corrected chi connectivity index (χ0v) is 34.1. The number of methoxy groups -OCH3 is 1. The average molecular weight is 831 g/mol. The van der Waals surface area contributed by atoms with E-state index in [-0.39, 0.29) is 42.3 Å². The molecule has 0 spiro atoms. The molecule has 6 rings (SSSR count). The third kappa shape index (κ3) is 10.2. The molecular formula is C42H50N6O12. The van der Waals surface area contributed by atoms with Crippen molar-refractivity contribution in [3.63, 3.8) is 0 Å². The van der Waals surface area contributed by atoms with Gasteiger partial charge in [-0.3, -0.25) is 33.6 Å². The monoisotopic (exact) mass is 830 g/mol. The molecule has 6 atom stereocenters. The fourth-order valence-electron chi connectivity index (χ4n) is 7.14. The van der Waals surface area contributed by atoms with Crippen molar-refractivity contribution < 1.29 is 58.4 Å². The molecule has 6 N–H and O–H groups in total. The molecule has 0 saturated carbocycles. The van der Waals surface area contributed by atoms with Gasteiger partial charge in [0.2, 0.25) is 35.4 Å². The number of nitrogens with one attached hydrogen (secondary N) is 3. The van der Waals surface area contributed by atoms with Crippen molar-refractivity contribution in [2.75, 3.05) is 28.3 Å². The quantitative estimate of drug-likeness (QED) is 0.205. The smallest absolute Gasteiger partial charge is 0.303 e. The van der Waals surface area contributed by atoms with Gasteiger partial charge in [-0.05, 0) is 73.4 Å². The molecule has 3 aromatic rings. The largest absolute Gasteiger partial charge is 0.504 e. The van der Waals surface area contributed by atoms with Gasteiger partial charge < -0.3 is 55.4 Å². The number of carbonyl (C=O) groups is 7. The number of phenols is 2. The Hall–Kier alpha value is -6.85. The summed E-state index contributed by atoms with van der Waals surface area (Å²) in [6, 6.07) is 7.45. The summed E-state index contributed by atoms with van der Waals surface area (Å²) in [5.74, 6) is -5.70. The van der Waals surface area contributed by atoms with Crippen LogP contribution in [0, 0.1) is 0 Å². The number of aromatic hydroxyl groups is 2. The lowest BCUT2D eigenvalue weighted by Gasteiger charge is -2.37. The molecule has 0 radical (unpaired) electrons. The van der Waals surface area contributed by atoms with Gasteiger partial charge in [-0.1, -0.05) is 24.3 Å². The molecule has 6 amide bonds. The van der Waals surface area contributed by atoms with E-state index >= 15 is 0 Å². The van der Waals surface area contributed by atoms with Crippen molar-refractivity contribution in [2.45, 2.75) is 82.2 Å². The topological polar surface area (TPSA) is 244 Å². The predicted molar refractivity (Wildman–Crippen MR) is 214 cm³/mol. The lowest BCUT2D eigenvalue weighted by Crippen LogP contribution is -2.62. The number of benzene rings is 3. The second-order valence-electron chi connectivity index (χ2n) is 15.0. The minimum Gasteiger partial charge on any atom is -0.504 e. The maximum Gasteiger partial charge on any atom is 0.303 e. The second-order valence-corrected chi connectivity index (χ2v) is 15.0. The number of phenolic OH excluding ortho intramolecular Hbond substituents is 2. The van der Waals surface area contributed by atoms with Crippen LogP contribution >= 0.6 is 0 Å². The van der Waals surface area contributed by atoms with Crippen molar-refractivity contribution in [3.05, 3.63) is 77.4 Å². The van der Waals surface area contributed by atoms with E-state index in [1.165, 1.54) is 76.2 Å². The van der Waals surface area contributed by atoms with E-state index in [4.69, 9.17) is 9.47 Å². The van der Waals surface area contributed by atoms with Crippen LogP contribution in [-0.4, -0.2) is 136 Å². The third-order valence-corrected chi connectivity index (χ3v) is 10.8. The number of hydrogen-bond donors (Lipinski definition) is 6. The first-order chi connectivity index (χ1) is 28.4. The Balaban J connectivity index is 1.61. The Bertz CT molecular complexity index is 2150. The molecule has 3 heterocycles. The van der Waals surface area contributed by atoms with E-state index < -0.39 is 90.5 Å². The van der Waals surface area contributed by atoms with E-state index in [0.717, 1.165) is 4.90 Å². The standard InChI is InChI=1S/C42H50N6O12/c1-22-37(53)45-28(13-16-36(51)52)41(57)46(3)29(18-25-10-15-34(59-6)33(50)20-25)39(55)44-23(2)40(56)48(5)31-17-24-7-11-27(12-8-24)60-35-21-26(9-14-32(35)49)19-30(38(54)43-22)47(4)42(31)58/h7-12,14-15,20-23,28-31,49-50H,13,16-19H2,1-6H3,(H,43,54)(H,44,55)(H,45,53)(H,51,52). The Labute approximate surface area is 346 Å². The molecule has 18 nitrogen and oxygen atoms in total. The zero-order valence-electron chi connectivity index (χ0n) is 34.1. The molecule has 3 aliphatic heterocycles. The predicted octanol–water partition coefficient (Wildman–Crippen LogP) is 1.09. The number of likely N-dealkylation sites (N-methyl/N-ethyl adjacent to an activating group) is 3. The van der Waals surface area contributed by atoms with Gasteiger partial charge >= 0.3 is 5.97 Å². The number of carbonyl (C=O) groups excluding carboxylic acids is 6. The van der Waals surface area contributed by atoms with Gasteiger partial charge in [0.25, 0.3) is 0 Å². The average Bonchev–Trinajstić information content (AvgIpc) is 3.21. The molecule has 3 aromatic carbocycles. The van der Waals surface area contributed by atoms with Gasteiger partial charge in [-0.15, -0.1) is 0 Å². The highest BCUT2D eigenvalue weighted by Crippen LogP contribution is 2.33. The van der Waals surface area contributed by atoms with Crippen LogP contribution in [0.1, 0.15) is 43.4 Å². The highest BCUT2D eigenvalue weighted by Gasteiger charge is 2.40. The molecule has 60 heavy (non-hydrogen) atoms. The van der Waals surface area contributed by atoms with Crippen LogP contribution in [0.5, 0.6) is 28.7 Å².